The molecule has 0 aliphatic heterocycles. The highest BCUT2D eigenvalue weighted by molar-refractivity contribution is 7.93. The average Bonchev–Trinajstić information content (AvgIpc) is 2.51. The molecule has 14 heavy (non-hydrogen) atoms. The van der Waals surface area contributed by atoms with Gasteiger partial charge in [-0.05, 0) is 30.9 Å². The van der Waals surface area contributed by atoms with Gasteiger partial charge in [0.25, 0.3) is 0 Å². The number of nitrogens with zero attached hydrogens (tertiary/aromatic N) is 1. The van der Waals surface area contributed by atoms with Crippen LogP contribution >= 0.6 is 11.3 Å². The summed E-state index contributed by atoms with van der Waals surface area (Å²) < 4.78 is 15.8. The minimum absolute atomic E-state index is 0.497. The van der Waals surface area contributed by atoms with Crippen LogP contribution < -0.4 is 5.14 Å². The summed E-state index contributed by atoms with van der Waals surface area (Å²) in [7, 11) is -1.33. The zero-order valence-corrected chi connectivity index (χ0v) is 9.98. The molecule has 1 rings (SSSR count). The van der Waals surface area contributed by atoms with Crippen LogP contribution in [-0.4, -0.2) is 16.4 Å². The molecule has 0 spiro atoms. The summed E-state index contributed by atoms with van der Waals surface area (Å²) in [5.41, 5.74) is -0.225. The van der Waals surface area contributed by atoms with E-state index in [-0.39, 0.29) is 0 Å². The Hall–Kier alpha value is -0.430. The molecule has 0 aromatic carbocycles. The molecule has 1 unspecified atom stereocenters. The Bertz CT molecular complexity index is 436. The molecule has 0 amide bonds. The zero-order valence-electron chi connectivity index (χ0n) is 8.35. The maximum absolute atomic E-state index is 11.6. The number of hydrogen-bond acceptors (Lipinski definition) is 4. The summed E-state index contributed by atoms with van der Waals surface area (Å²) in [4.78, 5) is 0. The molecule has 6 heteroatoms. The van der Waals surface area contributed by atoms with Crippen molar-refractivity contribution in [1.82, 2.24) is 0 Å². The van der Waals surface area contributed by atoms with Gasteiger partial charge in [-0.25, -0.2) is 13.7 Å². The van der Waals surface area contributed by atoms with Crippen molar-refractivity contribution in [2.45, 2.75) is 23.7 Å². The first-order chi connectivity index (χ1) is 6.27. The predicted molar refractivity (Wildman–Crippen MR) is 58.5 cm³/mol. The zero-order chi connectivity index (χ0) is 11.0. The Morgan fingerprint density at radius 3 is 2.57 bits per heavy atom. The van der Waals surface area contributed by atoms with Crippen molar-refractivity contribution in [2.24, 2.45) is 9.50 Å². The van der Waals surface area contributed by atoms with Crippen LogP contribution in [-0.2, 0) is 15.5 Å². The van der Waals surface area contributed by atoms with Gasteiger partial charge in [-0.1, -0.05) is 0 Å². The SMILES string of the molecule is CN=S(N)(=O)c1cc(C(C)(C)O)cs1. The van der Waals surface area contributed by atoms with E-state index in [1.54, 1.807) is 25.3 Å². The molecular weight excluding hydrogens is 220 g/mol. The fourth-order valence-electron chi connectivity index (χ4n) is 0.881. The van der Waals surface area contributed by atoms with Crippen molar-refractivity contribution in [1.29, 1.82) is 0 Å². The van der Waals surface area contributed by atoms with Gasteiger partial charge in [-0.2, -0.15) is 0 Å². The highest BCUT2D eigenvalue weighted by atomic mass is 32.2. The van der Waals surface area contributed by atoms with Crippen molar-refractivity contribution in [3.05, 3.63) is 17.0 Å². The predicted octanol–water partition coefficient (Wildman–Crippen LogP) is 1.31. The van der Waals surface area contributed by atoms with E-state index >= 15 is 0 Å². The van der Waals surface area contributed by atoms with Crippen LogP contribution in [0.25, 0.3) is 0 Å². The van der Waals surface area contributed by atoms with Gasteiger partial charge in [0, 0.05) is 7.05 Å². The molecule has 1 aromatic heterocycles. The first-order valence-electron chi connectivity index (χ1n) is 4.02. The van der Waals surface area contributed by atoms with Gasteiger partial charge in [0.15, 0.2) is 0 Å². The number of nitrogens with two attached hydrogens (primary N) is 1. The smallest absolute Gasteiger partial charge is 0.144 e. The molecule has 1 aromatic rings. The van der Waals surface area contributed by atoms with Crippen molar-refractivity contribution in [3.63, 3.8) is 0 Å². The van der Waals surface area contributed by atoms with Crippen LogP contribution in [0, 0.1) is 0 Å². The summed E-state index contributed by atoms with van der Waals surface area (Å²) in [6, 6.07) is 1.64. The van der Waals surface area contributed by atoms with Crippen LogP contribution in [0.4, 0.5) is 0 Å². The van der Waals surface area contributed by atoms with Gasteiger partial charge in [0.05, 0.1) is 5.60 Å². The topological polar surface area (TPSA) is 75.7 Å². The van der Waals surface area contributed by atoms with Crippen molar-refractivity contribution in [3.8, 4) is 0 Å². The summed E-state index contributed by atoms with van der Waals surface area (Å²) in [6.07, 6.45) is 0. The summed E-state index contributed by atoms with van der Waals surface area (Å²) in [6.45, 7) is 3.33. The Morgan fingerprint density at radius 1 is 1.64 bits per heavy atom. The van der Waals surface area contributed by atoms with Crippen molar-refractivity contribution < 1.29 is 9.32 Å². The quantitative estimate of drug-likeness (QED) is 0.809. The van der Waals surface area contributed by atoms with Gasteiger partial charge in [-0.15, -0.1) is 11.3 Å². The van der Waals surface area contributed by atoms with Gasteiger partial charge in [0.1, 0.15) is 14.1 Å². The second-order valence-corrected chi connectivity index (χ2v) is 6.58. The molecule has 0 saturated carbocycles. The molecule has 1 heterocycles. The van der Waals surface area contributed by atoms with Crippen LogP contribution in [0.3, 0.4) is 0 Å². The summed E-state index contributed by atoms with van der Waals surface area (Å²) >= 11 is 1.25. The van der Waals surface area contributed by atoms with E-state index in [0.717, 1.165) is 0 Å². The molecule has 4 nitrogen and oxygen atoms in total. The maximum Gasteiger partial charge on any atom is 0.144 e. The Morgan fingerprint density at radius 2 is 2.21 bits per heavy atom. The molecule has 0 bridgehead atoms. The largest absolute Gasteiger partial charge is 0.386 e. The van der Waals surface area contributed by atoms with E-state index in [2.05, 4.69) is 4.36 Å². The first kappa shape index (κ1) is 11.6. The summed E-state index contributed by atoms with van der Waals surface area (Å²) in [5.74, 6) is 0. The highest BCUT2D eigenvalue weighted by Gasteiger charge is 2.19. The van der Waals surface area contributed by atoms with E-state index in [1.807, 2.05) is 0 Å². The third-order valence-electron chi connectivity index (χ3n) is 1.84. The van der Waals surface area contributed by atoms with E-state index in [0.29, 0.717) is 9.77 Å². The lowest BCUT2D eigenvalue weighted by molar-refractivity contribution is 0.0789. The lowest BCUT2D eigenvalue weighted by atomic mass is 10.0. The highest BCUT2D eigenvalue weighted by Crippen LogP contribution is 2.27. The number of aliphatic hydroxyl groups is 1. The van der Waals surface area contributed by atoms with E-state index < -0.39 is 15.5 Å². The lowest BCUT2D eigenvalue weighted by Gasteiger charge is -2.14. The normalized spacial score (nSPS) is 16.4. The number of thiophene rings is 1. The fourth-order valence-corrected chi connectivity index (χ4v) is 3.07. The minimum atomic E-state index is -2.76. The Balaban J connectivity index is 3.20. The fraction of sp³-hybridized carbons (Fsp3) is 0.500. The number of rotatable bonds is 2. The molecule has 0 saturated heterocycles. The van der Waals surface area contributed by atoms with Crippen LogP contribution in [0.15, 0.2) is 20.0 Å². The van der Waals surface area contributed by atoms with Crippen molar-refractivity contribution >= 4 is 21.3 Å². The molecule has 0 aliphatic rings. The Labute approximate surface area is 88.1 Å². The number of hydrogen-bond donors (Lipinski definition) is 2. The molecule has 0 aliphatic carbocycles. The van der Waals surface area contributed by atoms with E-state index in [4.69, 9.17) is 5.14 Å². The van der Waals surface area contributed by atoms with Crippen molar-refractivity contribution in [2.75, 3.05) is 7.05 Å². The molecule has 0 fully saturated rings. The molecule has 1 atom stereocenters. The first-order valence-corrected chi connectivity index (χ1v) is 6.47. The lowest BCUT2D eigenvalue weighted by Crippen LogP contribution is -2.15. The van der Waals surface area contributed by atoms with E-state index in [1.165, 1.54) is 18.4 Å². The monoisotopic (exact) mass is 234 g/mol. The average molecular weight is 234 g/mol. The molecule has 3 N–H and O–H groups in total. The standard InChI is InChI=1S/C8H14N2O2S2/c1-8(2,11)6-4-7(13-5-6)14(9,12)10-3/h4-5,11H,1-3H3,(H2,9,10,12). The third-order valence-corrected chi connectivity index (χ3v) is 4.81. The van der Waals surface area contributed by atoms with Crippen LogP contribution in [0.5, 0.6) is 0 Å². The molecule has 0 radical (unpaired) electrons. The van der Waals surface area contributed by atoms with Gasteiger partial charge in [-0.3, -0.25) is 0 Å². The minimum Gasteiger partial charge on any atom is -0.386 e. The Kier molecular flexibility index (Phi) is 3.01. The van der Waals surface area contributed by atoms with E-state index in [9.17, 15) is 9.32 Å². The summed E-state index contributed by atoms with van der Waals surface area (Å²) in [5, 5.41) is 16.9. The van der Waals surface area contributed by atoms with Gasteiger partial charge in [0.2, 0.25) is 0 Å². The van der Waals surface area contributed by atoms with Crippen LogP contribution in [0.1, 0.15) is 19.4 Å². The van der Waals surface area contributed by atoms with Crippen LogP contribution in [0.2, 0.25) is 0 Å². The second-order valence-electron chi connectivity index (χ2n) is 3.46. The van der Waals surface area contributed by atoms with Gasteiger partial charge < -0.3 is 5.11 Å². The molecule has 80 valence electrons. The second kappa shape index (κ2) is 3.62. The third kappa shape index (κ3) is 2.33. The maximum atomic E-state index is 11.6. The van der Waals surface area contributed by atoms with Gasteiger partial charge >= 0.3 is 0 Å². The molecular formula is C8H14N2O2S2.